The first-order valence-corrected chi connectivity index (χ1v) is 8.33. The standard InChI is InChI=1S/C16H33N3O2/c1-5-9-19-10-6-7-15(12-19)13(2)18-14(3)16(20)17-8-11-21-4/h13-15,18H,5-12H2,1-4H3,(H,17,20). The van der Waals surface area contributed by atoms with E-state index in [2.05, 4.69) is 29.4 Å². The minimum atomic E-state index is -0.154. The molecular formula is C16H33N3O2. The number of carbonyl (C=O) groups is 1. The van der Waals surface area contributed by atoms with E-state index in [4.69, 9.17) is 4.74 Å². The second-order valence-corrected chi connectivity index (χ2v) is 6.16. The zero-order chi connectivity index (χ0) is 15.7. The van der Waals surface area contributed by atoms with Crippen molar-refractivity contribution in [3.63, 3.8) is 0 Å². The van der Waals surface area contributed by atoms with Crippen LogP contribution in [0.1, 0.15) is 40.0 Å². The Morgan fingerprint density at radius 1 is 1.43 bits per heavy atom. The molecule has 0 aromatic heterocycles. The summed E-state index contributed by atoms with van der Waals surface area (Å²) in [5.74, 6) is 0.694. The van der Waals surface area contributed by atoms with Gasteiger partial charge in [0.15, 0.2) is 0 Å². The van der Waals surface area contributed by atoms with E-state index >= 15 is 0 Å². The molecule has 1 heterocycles. The molecule has 1 saturated heterocycles. The summed E-state index contributed by atoms with van der Waals surface area (Å²) in [4.78, 5) is 14.5. The van der Waals surface area contributed by atoms with Crippen molar-refractivity contribution >= 4 is 5.91 Å². The molecule has 5 heteroatoms. The van der Waals surface area contributed by atoms with Crippen LogP contribution >= 0.6 is 0 Å². The number of hydrogen-bond donors (Lipinski definition) is 2. The predicted molar refractivity (Wildman–Crippen MR) is 86.4 cm³/mol. The summed E-state index contributed by atoms with van der Waals surface area (Å²) < 4.78 is 4.94. The highest BCUT2D eigenvalue weighted by atomic mass is 16.5. The fourth-order valence-electron chi connectivity index (χ4n) is 3.05. The van der Waals surface area contributed by atoms with Gasteiger partial charge in [-0.15, -0.1) is 0 Å². The van der Waals surface area contributed by atoms with Crippen LogP contribution in [0, 0.1) is 5.92 Å². The number of hydrogen-bond acceptors (Lipinski definition) is 4. The number of methoxy groups -OCH3 is 1. The minimum absolute atomic E-state index is 0.0557. The van der Waals surface area contributed by atoms with Gasteiger partial charge in [-0.2, -0.15) is 0 Å². The highest BCUT2D eigenvalue weighted by molar-refractivity contribution is 5.81. The second kappa shape index (κ2) is 10.1. The predicted octanol–water partition coefficient (Wildman–Crippen LogP) is 1.24. The van der Waals surface area contributed by atoms with E-state index in [9.17, 15) is 4.79 Å². The Bertz CT molecular complexity index is 297. The Labute approximate surface area is 129 Å². The van der Waals surface area contributed by atoms with Crippen molar-refractivity contribution in [2.45, 2.75) is 52.1 Å². The fraction of sp³-hybridized carbons (Fsp3) is 0.938. The van der Waals surface area contributed by atoms with Crippen molar-refractivity contribution in [2.24, 2.45) is 5.92 Å². The molecule has 2 N–H and O–H groups in total. The van der Waals surface area contributed by atoms with Gasteiger partial charge in [0.05, 0.1) is 12.6 Å². The SMILES string of the molecule is CCCN1CCCC(C(C)NC(C)C(=O)NCCOC)C1. The first kappa shape index (κ1) is 18.4. The molecule has 3 atom stereocenters. The van der Waals surface area contributed by atoms with Crippen LogP contribution in [0.5, 0.6) is 0 Å². The summed E-state index contributed by atoms with van der Waals surface area (Å²) in [7, 11) is 1.64. The monoisotopic (exact) mass is 299 g/mol. The van der Waals surface area contributed by atoms with Crippen LogP contribution in [-0.2, 0) is 9.53 Å². The Kier molecular flexibility index (Phi) is 8.88. The molecule has 21 heavy (non-hydrogen) atoms. The van der Waals surface area contributed by atoms with Crippen LogP contribution < -0.4 is 10.6 Å². The van der Waals surface area contributed by atoms with Gasteiger partial charge in [-0.05, 0) is 52.1 Å². The minimum Gasteiger partial charge on any atom is -0.383 e. The summed E-state index contributed by atoms with van der Waals surface area (Å²) in [5.41, 5.74) is 0. The zero-order valence-electron chi connectivity index (χ0n) is 14.2. The molecule has 124 valence electrons. The highest BCUT2D eigenvalue weighted by Crippen LogP contribution is 2.20. The van der Waals surface area contributed by atoms with Gasteiger partial charge in [0.25, 0.3) is 0 Å². The normalized spacial score (nSPS) is 22.8. The van der Waals surface area contributed by atoms with Crippen molar-refractivity contribution in [1.29, 1.82) is 0 Å². The van der Waals surface area contributed by atoms with Gasteiger partial charge < -0.3 is 20.3 Å². The number of rotatable bonds is 9. The summed E-state index contributed by atoms with van der Waals surface area (Å²) in [5, 5.41) is 6.34. The van der Waals surface area contributed by atoms with Crippen molar-refractivity contribution in [3.8, 4) is 0 Å². The Hall–Kier alpha value is -0.650. The fourth-order valence-corrected chi connectivity index (χ4v) is 3.05. The lowest BCUT2D eigenvalue weighted by atomic mass is 9.91. The number of amides is 1. The van der Waals surface area contributed by atoms with E-state index in [-0.39, 0.29) is 11.9 Å². The lowest BCUT2D eigenvalue weighted by Gasteiger charge is -2.36. The molecule has 1 aliphatic rings. The summed E-state index contributed by atoms with van der Waals surface area (Å²) >= 11 is 0. The van der Waals surface area contributed by atoms with Crippen molar-refractivity contribution < 1.29 is 9.53 Å². The van der Waals surface area contributed by atoms with Crippen LogP contribution in [0.4, 0.5) is 0 Å². The summed E-state index contributed by atoms with van der Waals surface area (Å²) in [6, 6.07) is 0.214. The van der Waals surface area contributed by atoms with Crippen molar-refractivity contribution in [2.75, 3.05) is 39.9 Å². The molecule has 0 aliphatic carbocycles. The molecule has 1 rings (SSSR count). The van der Waals surface area contributed by atoms with Gasteiger partial charge in [0, 0.05) is 26.2 Å². The number of piperidine rings is 1. The van der Waals surface area contributed by atoms with E-state index in [1.165, 1.54) is 32.4 Å². The van der Waals surface area contributed by atoms with Gasteiger partial charge in [-0.25, -0.2) is 0 Å². The first-order valence-electron chi connectivity index (χ1n) is 8.33. The van der Waals surface area contributed by atoms with E-state index in [0.717, 1.165) is 6.54 Å². The first-order chi connectivity index (χ1) is 10.1. The third kappa shape index (κ3) is 6.76. The molecule has 1 aliphatic heterocycles. The second-order valence-electron chi connectivity index (χ2n) is 6.16. The molecular weight excluding hydrogens is 266 g/mol. The van der Waals surface area contributed by atoms with E-state index in [1.54, 1.807) is 7.11 Å². The van der Waals surface area contributed by atoms with Crippen LogP contribution in [0.15, 0.2) is 0 Å². The Balaban J connectivity index is 2.33. The van der Waals surface area contributed by atoms with Gasteiger partial charge in [-0.1, -0.05) is 6.92 Å². The van der Waals surface area contributed by atoms with Crippen molar-refractivity contribution in [1.82, 2.24) is 15.5 Å². The highest BCUT2D eigenvalue weighted by Gasteiger charge is 2.26. The van der Waals surface area contributed by atoms with Crippen LogP contribution in [-0.4, -0.2) is 62.8 Å². The van der Waals surface area contributed by atoms with Gasteiger partial charge in [0.1, 0.15) is 0 Å². The van der Waals surface area contributed by atoms with Crippen LogP contribution in [0.3, 0.4) is 0 Å². The Morgan fingerprint density at radius 2 is 2.19 bits per heavy atom. The molecule has 0 aromatic rings. The number of nitrogens with zero attached hydrogens (tertiary/aromatic N) is 1. The number of nitrogens with one attached hydrogen (secondary N) is 2. The number of likely N-dealkylation sites (tertiary alicyclic amines) is 1. The molecule has 1 fully saturated rings. The average Bonchev–Trinajstić information content (AvgIpc) is 2.48. The largest absolute Gasteiger partial charge is 0.383 e. The molecule has 3 unspecified atom stereocenters. The lowest BCUT2D eigenvalue weighted by Crippen LogP contribution is -2.51. The van der Waals surface area contributed by atoms with Gasteiger partial charge in [0.2, 0.25) is 5.91 Å². The van der Waals surface area contributed by atoms with Gasteiger partial charge in [-0.3, -0.25) is 4.79 Å². The smallest absolute Gasteiger partial charge is 0.236 e. The third-order valence-corrected chi connectivity index (χ3v) is 4.30. The number of ether oxygens (including phenoxy) is 1. The topological polar surface area (TPSA) is 53.6 Å². The van der Waals surface area contributed by atoms with Gasteiger partial charge >= 0.3 is 0 Å². The van der Waals surface area contributed by atoms with Crippen molar-refractivity contribution in [3.05, 3.63) is 0 Å². The molecule has 5 nitrogen and oxygen atoms in total. The quantitative estimate of drug-likeness (QED) is 0.629. The lowest BCUT2D eigenvalue weighted by molar-refractivity contribution is -0.123. The van der Waals surface area contributed by atoms with E-state index in [0.29, 0.717) is 25.1 Å². The number of carbonyl (C=O) groups excluding carboxylic acids is 1. The molecule has 0 radical (unpaired) electrons. The zero-order valence-corrected chi connectivity index (χ0v) is 14.2. The average molecular weight is 299 g/mol. The molecule has 0 bridgehead atoms. The van der Waals surface area contributed by atoms with Crippen LogP contribution in [0.2, 0.25) is 0 Å². The summed E-state index contributed by atoms with van der Waals surface area (Å²) in [6.07, 6.45) is 3.74. The maximum Gasteiger partial charge on any atom is 0.236 e. The van der Waals surface area contributed by atoms with Crippen LogP contribution in [0.25, 0.3) is 0 Å². The molecule has 0 saturated carbocycles. The maximum atomic E-state index is 12.0. The van der Waals surface area contributed by atoms with E-state index in [1.807, 2.05) is 6.92 Å². The maximum absolute atomic E-state index is 12.0. The Morgan fingerprint density at radius 3 is 2.86 bits per heavy atom. The molecule has 1 amide bonds. The molecule has 0 spiro atoms. The van der Waals surface area contributed by atoms with E-state index < -0.39 is 0 Å². The molecule has 0 aromatic carbocycles. The third-order valence-electron chi connectivity index (χ3n) is 4.30. The summed E-state index contributed by atoms with van der Waals surface area (Å²) in [6.45, 7) is 11.1.